The van der Waals surface area contributed by atoms with Crippen molar-refractivity contribution >= 4 is 23.0 Å². The molecular formula is C16H11ClN2O. The highest BCUT2D eigenvalue weighted by molar-refractivity contribution is 6.30. The van der Waals surface area contributed by atoms with Crippen molar-refractivity contribution in [3.05, 3.63) is 64.7 Å². The molecule has 0 saturated heterocycles. The van der Waals surface area contributed by atoms with Gasteiger partial charge in [-0.15, -0.1) is 0 Å². The molecule has 98 valence electrons. The standard InChI is InChI=1S/C16H11ClN2O/c17-12-2-1-3-13(9-12)20-16-6-7-19-15-5-4-11(10-18)8-14(15)16/h1-6,8-9,19H,7H2. The average molecular weight is 283 g/mol. The van der Waals surface area contributed by atoms with Crippen LogP contribution in [0.2, 0.25) is 5.02 Å². The van der Waals surface area contributed by atoms with E-state index in [2.05, 4.69) is 11.4 Å². The van der Waals surface area contributed by atoms with Crippen molar-refractivity contribution < 1.29 is 4.74 Å². The molecule has 1 aliphatic rings. The third-order valence-electron chi connectivity index (χ3n) is 3.02. The fourth-order valence-electron chi connectivity index (χ4n) is 2.09. The summed E-state index contributed by atoms with van der Waals surface area (Å²) < 4.78 is 5.89. The zero-order valence-electron chi connectivity index (χ0n) is 10.6. The van der Waals surface area contributed by atoms with Gasteiger partial charge in [0, 0.05) is 22.8 Å². The third kappa shape index (κ3) is 2.47. The van der Waals surface area contributed by atoms with Crippen LogP contribution in [0.1, 0.15) is 11.1 Å². The summed E-state index contributed by atoms with van der Waals surface area (Å²) in [5, 5.41) is 12.9. The number of benzene rings is 2. The molecule has 0 radical (unpaired) electrons. The van der Waals surface area contributed by atoms with E-state index in [0.717, 1.165) is 17.0 Å². The lowest BCUT2D eigenvalue weighted by molar-refractivity contribution is 0.513. The van der Waals surface area contributed by atoms with Crippen molar-refractivity contribution in [1.82, 2.24) is 0 Å². The third-order valence-corrected chi connectivity index (χ3v) is 3.25. The quantitative estimate of drug-likeness (QED) is 0.903. The van der Waals surface area contributed by atoms with Crippen molar-refractivity contribution in [3.63, 3.8) is 0 Å². The molecular weight excluding hydrogens is 272 g/mol. The maximum atomic E-state index is 9.00. The maximum Gasteiger partial charge on any atom is 0.134 e. The Balaban J connectivity index is 1.96. The minimum atomic E-state index is 0.605. The van der Waals surface area contributed by atoms with Gasteiger partial charge in [-0.3, -0.25) is 0 Å². The molecule has 1 N–H and O–H groups in total. The van der Waals surface area contributed by atoms with Crippen molar-refractivity contribution in [1.29, 1.82) is 5.26 Å². The fraction of sp³-hybridized carbons (Fsp3) is 0.0625. The average Bonchev–Trinajstić information content (AvgIpc) is 2.47. The Bertz CT molecular complexity index is 731. The van der Waals surface area contributed by atoms with E-state index in [-0.39, 0.29) is 0 Å². The lowest BCUT2D eigenvalue weighted by Crippen LogP contribution is -2.11. The number of rotatable bonds is 2. The molecule has 2 aromatic carbocycles. The Morgan fingerprint density at radius 2 is 2.10 bits per heavy atom. The zero-order chi connectivity index (χ0) is 13.9. The molecule has 0 unspecified atom stereocenters. The SMILES string of the molecule is N#Cc1ccc2c(c1)C(Oc1cccc(Cl)c1)=CCN2. The molecule has 0 fully saturated rings. The summed E-state index contributed by atoms with van der Waals surface area (Å²) in [7, 11) is 0. The zero-order valence-corrected chi connectivity index (χ0v) is 11.3. The van der Waals surface area contributed by atoms with E-state index < -0.39 is 0 Å². The van der Waals surface area contributed by atoms with Gasteiger partial charge in [0.15, 0.2) is 0 Å². The normalized spacial score (nSPS) is 12.7. The first-order valence-corrected chi connectivity index (χ1v) is 6.56. The number of hydrogen-bond donors (Lipinski definition) is 1. The molecule has 3 rings (SSSR count). The predicted molar refractivity (Wildman–Crippen MR) is 79.7 cm³/mol. The summed E-state index contributed by atoms with van der Waals surface area (Å²) in [5.41, 5.74) is 2.45. The van der Waals surface area contributed by atoms with E-state index >= 15 is 0 Å². The van der Waals surface area contributed by atoms with E-state index in [0.29, 0.717) is 22.9 Å². The monoisotopic (exact) mass is 282 g/mol. The van der Waals surface area contributed by atoms with Crippen LogP contribution in [-0.2, 0) is 0 Å². The van der Waals surface area contributed by atoms with Gasteiger partial charge in [0.1, 0.15) is 11.5 Å². The molecule has 0 aliphatic carbocycles. The van der Waals surface area contributed by atoms with Gasteiger partial charge < -0.3 is 10.1 Å². The first kappa shape index (κ1) is 12.6. The van der Waals surface area contributed by atoms with Crippen LogP contribution >= 0.6 is 11.6 Å². The molecule has 0 bridgehead atoms. The minimum absolute atomic E-state index is 0.605. The number of nitrogens with one attached hydrogen (secondary N) is 1. The number of fused-ring (bicyclic) bond motifs is 1. The van der Waals surface area contributed by atoms with Crippen LogP contribution in [-0.4, -0.2) is 6.54 Å². The van der Waals surface area contributed by atoms with Crippen LogP contribution in [0.3, 0.4) is 0 Å². The predicted octanol–water partition coefficient (Wildman–Crippen LogP) is 4.06. The molecule has 2 aromatic rings. The Morgan fingerprint density at radius 1 is 1.20 bits per heavy atom. The van der Waals surface area contributed by atoms with Crippen molar-refractivity contribution in [2.75, 3.05) is 11.9 Å². The number of nitrogens with zero attached hydrogens (tertiary/aromatic N) is 1. The molecule has 1 aliphatic heterocycles. The molecule has 0 spiro atoms. The van der Waals surface area contributed by atoms with Gasteiger partial charge >= 0.3 is 0 Å². The number of anilines is 1. The molecule has 0 amide bonds. The van der Waals surface area contributed by atoms with Crippen molar-refractivity contribution in [2.24, 2.45) is 0 Å². The molecule has 0 saturated carbocycles. The summed E-state index contributed by atoms with van der Waals surface area (Å²) in [6.07, 6.45) is 1.95. The van der Waals surface area contributed by atoms with E-state index in [1.54, 1.807) is 18.2 Å². The topological polar surface area (TPSA) is 45.0 Å². The highest BCUT2D eigenvalue weighted by atomic mass is 35.5. The first-order chi connectivity index (χ1) is 9.76. The highest BCUT2D eigenvalue weighted by Crippen LogP contribution is 2.31. The Morgan fingerprint density at radius 3 is 2.90 bits per heavy atom. The molecule has 0 aromatic heterocycles. The summed E-state index contributed by atoms with van der Waals surface area (Å²) in [6, 6.07) is 14.9. The van der Waals surface area contributed by atoms with Gasteiger partial charge in [-0.05, 0) is 42.5 Å². The van der Waals surface area contributed by atoms with Crippen LogP contribution in [0.4, 0.5) is 5.69 Å². The second-order valence-electron chi connectivity index (χ2n) is 4.38. The first-order valence-electron chi connectivity index (χ1n) is 6.18. The lowest BCUT2D eigenvalue weighted by Gasteiger charge is -2.20. The van der Waals surface area contributed by atoms with Crippen LogP contribution in [0.5, 0.6) is 5.75 Å². The smallest absolute Gasteiger partial charge is 0.134 e. The second kappa shape index (κ2) is 5.28. The van der Waals surface area contributed by atoms with E-state index in [9.17, 15) is 0 Å². The van der Waals surface area contributed by atoms with E-state index in [1.165, 1.54) is 0 Å². The lowest BCUT2D eigenvalue weighted by atomic mass is 10.0. The molecule has 20 heavy (non-hydrogen) atoms. The van der Waals surface area contributed by atoms with Crippen LogP contribution in [0.15, 0.2) is 48.5 Å². The van der Waals surface area contributed by atoms with Crippen LogP contribution in [0.25, 0.3) is 5.76 Å². The maximum absolute atomic E-state index is 9.00. The largest absolute Gasteiger partial charge is 0.457 e. The summed E-state index contributed by atoms with van der Waals surface area (Å²) in [5.74, 6) is 1.41. The number of ether oxygens (including phenoxy) is 1. The van der Waals surface area contributed by atoms with Crippen molar-refractivity contribution in [3.8, 4) is 11.8 Å². The minimum Gasteiger partial charge on any atom is -0.457 e. The highest BCUT2D eigenvalue weighted by Gasteiger charge is 2.15. The second-order valence-corrected chi connectivity index (χ2v) is 4.82. The Hall–Kier alpha value is -2.44. The Kier molecular flexibility index (Phi) is 3.32. The van der Waals surface area contributed by atoms with Gasteiger partial charge in [-0.2, -0.15) is 5.26 Å². The number of halogens is 1. The molecule has 1 heterocycles. The molecule has 3 nitrogen and oxygen atoms in total. The van der Waals surface area contributed by atoms with E-state index in [4.69, 9.17) is 21.6 Å². The van der Waals surface area contributed by atoms with Gasteiger partial charge in [0.05, 0.1) is 11.6 Å². The summed E-state index contributed by atoms with van der Waals surface area (Å²) in [4.78, 5) is 0. The number of nitriles is 1. The van der Waals surface area contributed by atoms with Crippen molar-refractivity contribution in [2.45, 2.75) is 0 Å². The fourth-order valence-corrected chi connectivity index (χ4v) is 2.27. The summed E-state index contributed by atoms with van der Waals surface area (Å²) >= 11 is 5.96. The Labute approximate surface area is 122 Å². The van der Waals surface area contributed by atoms with Gasteiger partial charge in [0.2, 0.25) is 0 Å². The molecule has 4 heteroatoms. The van der Waals surface area contributed by atoms with Gasteiger partial charge in [0.25, 0.3) is 0 Å². The van der Waals surface area contributed by atoms with Crippen LogP contribution < -0.4 is 10.1 Å². The molecule has 0 atom stereocenters. The summed E-state index contributed by atoms with van der Waals surface area (Å²) in [6.45, 7) is 0.689. The van der Waals surface area contributed by atoms with Crippen LogP contribution in [0, 0.1) is 11.3 Å². The van der Waals surface area contributed by atoms with E-state index in [1.807, 2.05) is 30.3 Å². The van der Waals surface area contributed by atoms with Gasteiger partial charge in [-0.1, -0.05) is 17.7 Å². The number of hydrogen-bond acceptors (Lipinski definition) is 3. The van der Waals surface area contributed by atoms with Gasteiger partial charge in [-0.25, -0.2) is 0 Å².